The first-order valence-electron chi connectivity index (χ1n) is 7.25. The van der Waals surface area contributed by atoms with E-state index in [1.165, 1.54) is 0 Å². The minimum atomic E-state index is -0.274. The van der Waals surface area contributed by atoms with Crippen molar-refractivity contribution in [1.29, 1.82) is 0 Å². The number of rotatable bonds is 6. The molecule has 0 radical (unpaired) electrons. The molecule has 1 amide bonds. The van der Waals surface area contributed by atoms with Crippen molar-refractivity contribution >= 4 is 12.1 Å². The summed E-state index contributed by atoms with van der Waals surface area (Å²) >= 11 is 0. The highest BCUT2D eigenvalue weighted by molar-refractivity contribution is 5.78. The van der Waals surface area contributed by atoms with E-state index in [0.717, 1.165) is 11.1 Å². The average Bonchev–Trinajstić information content (AvgIpc) is 2.54. The molecular weight excluding hydrogens is 276 g/mol. The Morgan fingerprint density at radius 1 is 1.09 bits per heavy atom. The van der Waals surface area contributed by atoms with Crippen molar-refractivity contribution in [3.8, 4) is 16.9 Å². The van der Waals surface area contributed by atoms with Crippen LogP contribution < -0.4 is 10.2 Å². The average molecular weight is 296 g/mol. The van der Waals surface area contributed by atoms with Crippen molar-refractivity contribution in [3.05, 3.63) is 54.6 Å². The van der Waals surface area contributed by atoms with Crippen molar-refractivity contribution < 1.29 is 9.53 Å². The number of nitrogens with one attached hydrogen (secondary N) is 1. The third kappa shape index (κ3) is 5.05. The van der Waals surface area contributed by atoms with Gasteiger partial charge < -0.3 is 4.74 Å². The van der Waals surface area contributed by atoms with Gasteiger partial charge in [-0.2, -0.15) is 5.10 Å². The van der Waals surface area contributed by atoms with Crippen LogP contribution in [0.25, 0.3) is 11.1 Å². The second-order valence-electron chi connectivity index (χ2n) is 5.24. The first kappa shape index (κ1) is 15.8. The first-order valence-corrected chi connectivity index (χ1v) is 7.25. The van der Waals surface area contributed by atoms with E-state index in [1.54, 1.807) is 6.21 Å². The van der Waals surface area contributed by atoms with Gasteiger partial charge in [-0.25, -0.2) is 5.43 Å². The SMILES string of the molecule is CC(C)C=NNC(=O)COc1ccc(-c2ccccc2)cc1. The summed E-state index contributed by atoms with van der Waals surface area (Å²) < 4.78 is 5.43. The van der Waals surface area contributed by atoms with E-state index in [2.05, 4.69) is 22.7 Å². The lowest BCUT2D eigenvalue weighted by Gasteiger charge is -2.06. The molecule has 0 aliphatic rings. The molecule has 0 spiro atoms. The van der Waals surface area contributed by atoms with Crippen molar-refractivity contribution in [2.24, 2.45) is 11.0 Å². The first-order chi connectivity index (χ1) is 10.6. The van der Waals surface area contributed by atoms with Crippen LogP contribution in [0.4, 0.5) is 0 Å². The fraction of sp³-hybridized carbons (Fsp3) is 0.222. The van der Waals surface area contributed by atoms with Crippen LogP contribution in [0.2, 0.25) is 0 Å². The minimum absolute atomic E-state index is 0.0554. The lowest BCUT2D eigenvalue weighted by Crippen LogP contribution is -2.24. The van der Waals surface area contributed by atoms with E-state index in [-0.39, 0.29) is 12.5 Å². The van der Waals surface area contributed by atoms with E-state index < -0.39 is 0 Å². The van der Waals surface area contributed by atoms with Crippen molar-refractivity contribution in [2.45, 2.75) is 13.8 Å². The number of hydrazone groups is 1. The largest absolute Gasteiger partial charge is 0.484 e. The van der Waals surface area contributed by atoms with Crippen LogP contribution in [0, 0.1) is 5.92 Å². The Labute approximate surface area is 130 Å². The van der Waals surface area contributed by atoms with Gasteiger partial charge in [0.25, 0.3) is 5.91 Å². The smallest absolute Gasteiger partial charge is 0.277 e. The van der Waals surface area contributed by atoms with Crippen LogP contribution in [0.1, 0.15) is 13.8 Å². The zero-order valence-electron chi connectivity index (χ0n) is 12.8. The molecule has 1 N–H and O–H groups in total. The highest BCUT2D eigenvalue weighted by atomic mass is 16.5. The van der Waals surface area contributed by atoms with E-state index in [0.29, 0.717) is 11.7 Å². The molecule has 4 heteroatoms. The Morgan fingerprint density at radius 3 is 2.36 bits per heavy atom. The topological polar surface area (TPSA) is 50.7 Å². The van der Waals surface area contributed by atoms with Crippen molar-refractivity contribution in [2.75, 3.05) is 6.61 Å². The van der Waals surface area contributed by atoms with E-state index >= 15 is 0 Å². The predicted molar refractivity (Wildman–Crippen MR) is 88.8 cm³/mol. The van der Waals surface area contributed by atoms with Gasteiger partial charge in [0.1, 0.15) is 5.75 Å². The van der Waals surface area contributed by atoms with Crippen LogP contribution in [0.15, 0.2) is 59.7 Å². The summed E-state index contributed by atoms with van der Waals surface area (Å²) in [5.41, 5.74) is 4.69. The van der Waals surface area contributed by atoms with Gasteiger partial charge in [-0.3, -0.25) is 4.79 Å². The molecule has 2 aromatic rings. The second-order valence-corrected chi connectivity index (χ2v) is 5.24. The molecule has 0 atom stereocenters. The standard InChI is InChI=1S/C18H20N2O2/c1-14(2)12-19-20-18(21)13-22-17-10-8-16(9-11-17)15-6-4-3-5-7-15/h3-12,14H,13H2,1-2H3,(H,20,21). The Kier molecular flexibility index (Phi) is 5.72. The Bertz CT molecular complexity index is 619. The van der Waals surface area contributed by atoms with Crippen molar-refractivity contribution in [1.82, 2.24) is 5.43 Å². The normalized spacial score (nSPS) is 10.9. The maximum Gasteiger partial charge on any atom is 0.277 e. The molecule has 22 heavy (non-hydrogen) atoms. The minimum Gasteiger partial charge on any atom is -0.484 e. The lowest BCUT2D eigenvalue weighted by atomic mass is 10.1. The van der Waals surface area contributed by atoms with E-state index in [9.17, 15) is 4.79 Å². The molecule has 0 unspecified atom stereocenters. The van der Waals surface area contributed by atoms with Crippen LogP contribution in [-0.2, 0) is 4.79 Å². The fourth-order valence-corrected chi connectivity index (χ4v) is 1.81. The molecule has 0 aliphatic carbocycles. The number of hydrogen-bond donors (Lipinski definition) is 1. The molecular formula is C18H20N2O2. The molecule has 4 nitrogen and oxygen atoms in total. The molecule has 0 saturated heterocycles. The highest BCUT2D eigenvalue weighted by Gasteiger charge is 2.02. The molecule has 2 rings (SSSR count). The van der Waals surface area contributed by atoms with Gasteiger partial charge in [-0.05, 0) is 29.2 Å². The number of amides is 1. The molecule has 0 bridgehead atoms. The number of ether oxygens (including phenoxy) is 1. The van der Waals surface area contributed by atoms with Gasteiger partial charge in [-0.1, -0.05) is 56.3 Å². The van der Waals surface area contributed by atoms with Crippen LogP contribution in [0.5, 0.6) is 5.75 Å². The van der Waals surface area contributed by atoms with Gasteiger partial charge in [0.15, 0.2) is 6.61 Å². The quantitative estimate of drug-likeness (QED) is 0.655. The van der Waals surface area contributed by atoms with Crippen LogP contribution in [-0.4, -0.2) is 18.7 Å². The maximum absolute atomic E-state index is 11.5. The Morgan fingerprint density at radius 2 is 1.73 bits per heavy atom. The summed E-state index contributed by atoms with van der Waals surface area (Å²) in [6.45, 7) is 3.92. The molecule has 0 fully saturated rings. The summed E-state index contributed by atoms with van der Waals surface area (Å²) in [4.78, 5) is 11.5. The molecule has 0 saturated carbocycles. The number of benzene rings is 2. The number of carbonyl (C=O) groups excluding carboxylic acids is 1. The summed E-state index contributed by atoms with van der Waals surface area (Å²) in [6, 6.07) is 17.7. The fourth-order valence-electron chi connectivity index (χ4n) is 1.81. The third-order valence-electron chi connectivity index (χ3n) is 2.89. The lowest BCUT2D eigenvalue weighted by molar-refractivity contribution is -0.123. The zero-order valence-corrected chi connectivity index (χ0v) is 12.8. The van der Waals surface area contributed by atoms with E-state index in [1.807, 2.05) is 56.3 Å². The molecule has 0 aromatic heterocycles. The van der Waals surface area contributed by atoms with Crippen molar-refractivity contribution in [3.63, 3.8) is 0 Å². The van der Waals surface area contributed by atoms with Gasteiger partial charge in [0, 0.05) is 6.21 Å². The summed E-state index contributed by atoms with van der Waals surface area (Å²) in [6.07, 6.45) is 1.67. The third-order valence-corrected chi connectivity index (χ3v) is 2.89. The molecule has 0 heterocycles. The summed E-state index contributed by atoms with van der Waals surface area (Å²) in [7, 11) is 0. The van der Waals surface area contributed by atoms with Gasteiger partial charge >= 0.3 is 0 Å². The molecule has 2 aromatic carbocycles. The summed E-state index contributed by atoms with van der Waals surface area (Å²) in [5, 5.41) is 3.83. The predicted octanol–water partition coefficient (Wildman–Crippen LogP) is 3.49. The highest BCUT2D eigenvalue weighted by Crippen LogP contribution is 2.21. The van der Waals surface area contributed by atoms with E-state index in [4.69, 9.17) is 4.74 Å². The van der Waals surface area contributed by atoms with Gasteiger partial charge in [0.2, 0.25) is 0 Å². The van der Waals surface area contributed by atoms with Gasteiger partial charge in [-0.15, -0.1) is 0 Å². The Hall–Kier alpha value is -2.62. The maximum atomic E-state index is 11.5. The van der Waals surface area contributed by atoms with Crippen LogP contribution in [0.3, 0.4) is 0 Å². The Balaban J connectivity index is 1.85. The van der Waals surface area contributed by atoms with Crippen LogP contribution >= 0.6 is 0 Å². The monoisotopic (exact) mass is 296 g/mol. The second kappa shape index (κ2) is 7.98. The zero-order chi connectivity index (χ0) is 15.8. The summed E-state index contributed by atoms with van der Waals surface area (Å²) in [5.74, 6) is 0.679. The van der Waals surface area contributed by atoms with Gasteiger partial charge in [0.05, 0.1) is 0 Å². The number of carbonyl (C=O) groups is 1. The molecule has 0 aliphatic heterocycles. The molecule has 114 valence electrons. The number of hydrogen-bond acceptors (Lipinski definition) is 3. The number of nitrogens with zero attached hydrogens (tertiary/aromatic N) is 1.